The second kappa shape index (κ2) is 5.48. The second-order valence-corrected chi connectivity index (χ2v) is 3.93. The van der Waals surface area contributed by atoms with Gasteiger partial charge in [0, 0.05) is 7.05 Å². The number of nitrogens with two attached hydrogens (primary N) is 1. The Morgan fingerprint density at radius 1 is 1.25 bits per heavy atom. The minimum absolute atomic E-state index is 0.228. The number of hydrogen-bond donors (Lipinski definition) is 2. The van der Waals surface area contributed by atoms with Crippen LogP contribution in [0.15, 0.2) is 6.20 Å². The molecule has 0 aromatic carbocycles. The van der Waals surface area contributed by atoms with Gasteiger partial charge < -0.3 is 4.74 Å². The molecule has 0 saturated carbocycles. The molecule has 3 N–H and O–H groups in total. The molecule has 20 heavy (non-hydrogen) atoms. The zero-order valence-electron chi connectivity index (χ0n) is 10.4. The van der Waals surface area contributed by atoms with Crippen LogP contribution >= 0.6 is 0 Å². The molecule has 5 nitrogen and oxygen atoms in total. The van der Waals surface area contributed by atoms with Crippen molar-refractivity contribution in [2.45, 2.75) is 18.4 Å². The third-order valence-corrected chi connectivity index (χ3v) is 2.68. The van der Waals surface area contributed by atoms with Gasteiger partial charge in [-0.3, -0.25) is 16.0 Å². The van der Waals surface area contributed by atoms with E-state index in [1.807, 2.05) is 0 Å². The van der Waals surface area contributed by atoms with E-state index < -0.39 is 30.0 Å². The number of hydrazine groups is 1. The lowest BCUT2D eigenvalue weighted by Crippen LogP contribution is -2.48. The van der Waals surface area contributed by atoms with E-state index in [4.69, 9.17) is 10.6 Å². The number of aryl methyl sites for hydroxylation is 1. The molecule has 0 aliphatic carbocycles. The van der Waals surface area contributed by atoms with Gasteiger partial charge in [0.05, 0.1) is 25.0 Å². The van der Waals surface area contributed by atoms with Crippen LogP contribution < -0.4 is 16.0 Å². The molecule has 0 aliphatic rings. The molecule has 0 radical (unpaired) electrons. The van der Waals surface area contributed by atoms with E-state index in [0.29, 0.717) is 0 Å². The number of alkyl halides is 6. The number of aromatic nitrogens is 2. The fraction of sp³-hybridized carbons (Fsp3) is 0.667. The highest BCUT2D eigenvalue weighted by atomic mass is 19.4. The van der Waals surface area contributed by atoms with Gasteiger partial charge in [0.1, 0.15) is 0 Å². The number of halogens is 6. The van der Waals surface area contributed by atoms with Gasteiger partial charge >= 0.3 is 12.4 Å². The van der Waals surface area contributed by atoms with Crippen molar-refractivity contribution in [2.24, 2.45) is 18.8 Å². The Morgan fingerprint density at radius 2 is 1.75 bits per heavy atom. The summed E-state index contributed by atoms with van der Waals surface area (Å²) >= 11 is 0. The van der Waals surface area contributed by atoms with Gasteiger partial charge in [0.15, 0.2) is 11.7 Å². The van der Waals surface area contributed by atoms with Crippen molar-refractivity contribution in [1.82, 2.24) is 15.2 Å². The minimum atomic E-state index is -5.54. The standard InChI is InChI=1S/C9H12F6N4O/c1-19-6(4(20-2)3-17-19)5(18-16)7(8(10,11)12)9(13,14)15/h3,5,7,18H,16H2,1-2H3. The van der Waals surface area contributed by atoms with Gasteiger partial charge in [0.2, 0.25) is 0 Å². The van der Waals surface area contributed by atoms with Crippen LogP contribution in [-0.4, -0.2) is 29.2 Å². The minimum Gasteiger partial charge on any atom is -0.493 e. The zero-order chi connectivity index (χ0) is 15.7. The Balaban J connectivity index is 3.38. The molecule has 0 amide bonds. The molecule has 0 bridgehead atoms. The predicted octanol–water partition coefficient (Wildman–Crippen LogP) is 1.67. The normalized spacial score (nSPS) is 14.7. The first-order chi connectivity index (χ1) is 9.04. The summed E-state index contributed by atoms with van der Waals surface area (Å²) in [7, 11) is 2.29. The predicted molar refractivity (Wildman–Crippen MR) is 55.4 cm³/mol. The van der Waals surface area contributed by atoms with E-state index in [2.05, 4.69) is 5.10 Å². The monoisotopic (exact) mass is 306 g/mol. The molecule has 0 fully saturated rings. The number of nitrogens with one attached hydrogen (secondary N) is 1. The summed E-state index contributed by atoms with van der Waals surface area (Å²) in [6.45, 7) is 0. The summed E-state index contributed by atoms with van der Waals surface area (Å²) in [5, 5.41) is 3.56. The SMILES string of the molecule is COc1cnn(C)c1C(NN)C(C(F)(F)F)C(F)(F)F. The van der Waals surface area contributed by atoms with Gasteiger partial charge in [-0.2, -0.15) is 31.4 Å². The van der Waals surface area contributed by atoms with Crippen molar-refractivity contribution in [1.29, 1.82) is 0 Å². The van der Waals surface area contributed by atoms with Crippen LogP contribution in [0, 0.1) is 5.92 Å². The highest BCUT2D eigenvalue weighted by Gasteiger charge is 2.61. The topological polar surface area (TPSA) is 65.1 Å². The van der Waals surface area contributed by atoms with Crippen LogP contribution in [-0.2, 0) is 7.05 Å². The quantitative estimate of drug-likeness (QED) is 0.504. The summed E-state index contributed by atoms with van der Waals surface area (Å²) in [4.78, 5) is 0. The zero-order valence-corrected chi connectivity index (χ0v) is 10.4. The number of methoxy groups -OCH3 is 1. The Kier molecular flexibility index (Phi) is 4.54. The highest BCUT2D eigenvalue weighted by molar-refractivity contribution is 5.29. The van der Waals surface area contributed by atoms with Crippen molar-refractivity contribution in [3.05, 3.63) is 11.9 Å². The van der Waals surface area contributed by atoms with Crippen LogP contribution in [0.5, 0.6) is 5.75 Å². The Morgan fingerprint density at radius 3 is 2.10 bits per heavy atom. The summed E-state index contributed by atoms with van der Waals surface area (Å²) in [5.41, 5.74) is 1.10. The average Bonchev–Trinajstić information content (AvgIpc) is 2.63. The number of rotatable bonds is 4. The van der Waals surface area contributed by atoms with Crippen LogP contribution in [0.1, 0.15) is 11.7 Å². The van der Waals surface area contributed by atoms with Gasteiger partial charge in [-0.1, -0.05) is 0 Å². The Labute approximate surface area is 109 Å². The molecule has 0 spiro atoms. The smallest absolute Gasteiger partial charge is 0.402 e. The largest absolute Gasteiger partial charge is 0.493 e. The first-order valence-electron chi connectivity index (χ1n) is 5.19. The van der Waals surface area contributed by atoms with Gasteiger partial charge in [-0.15, -0.1) is 0 Å². The number of hydrogen-bond acceptors (Lipinski definition) is 4. The Hall–Kier alpha value is -1.49. The maximum absolute atomic E-state index is 12.7. The lowest BCUT2D eigenvalue weighted by molar-refractivity contribution is -0.293. The summed E-state index contributed by atoms with van der Waals surface area (Å²) in [6, 6.07) is -2.28. The van der Waals surface area contributed by atoms with Crippen LogP contribution in [0.2, 0.25) is 0 Å². The number of nitrogens with zero attached hydrogens (tertiary/aromatic N) is 2. The summed E-state index contributed by atoms with van der Waals surface area (Å²) in [5.74, 6) is 0.986. The summed E-state index contributed by atoms with van der Waals surface area (Å²) < 4.78 is 81.9. The van der Waals surface area contributed by atoms with Crippen molar-refractivity contribution < 1.29 is 31.1 Å². The average molecular weight is 306 g/mol. The molecule has 1 aromatic rings. The van der Waals surface area contributed by atoms with E-state index in [9.17, 15) is 26.3 Å². The van der Waals surface area contributed by atoms with Gasteiger partial charge in [-0.05, 0) is 0 Å². The lowest BCUT2D eigenvalue weighted by atomic mass is 9.95. The van der Waals surface area contributed by atoms with E-state index in [0.717, 1.165) is 18.0 Å². The maximum Gasteiger partial charge on any atom is 0.402 e. The number of ether oxygens (including phenoxy) is 1. The van der Waals surface area contributed by atoms with Crippen LogP contribution in [0.3, 0.4) is 0 Å². The molecule has 1 rings (SSSR count). The van der Waals surface area contributed by atoms with E-state index in [1.54, 1.807) is 5.43 Å². The molecule has 0 saturated heterocycles. The third kappa shape index (κ3) is 3.15. The van der Waals surface area contributed by atoms with Gasteiger partial charge in [0.25, 0.3) is 0 Å². The van der Waals surface area contributed by atoms with E-state index >= 15 is 0 Å². The van der Waals surface area contributed by atoms with E-state index in [1.165, 1.54) is 7.05 Å². The molecule has 1 heterocycles. The first kappa shape index (κ1) is 16.6. The van der Waals surface area contributed by atoms with Crippen molar-refractivity contribution >= 4 is 0 Å². The molecule has 1 unspecified atom stereocenters. The fourth-order valence-electron chi connectivity index (χ4n) is 1.84. The van der Waals surface area contributed by atoms with Crippen molar-refractivity contribution in [2.75, 3.05) is 7.11 Å². The Bertz CT molecular complexity index is 440. The van der Waals surface area contributed by atoms with Gasteiger partial charge in [-0.25, -0.2) is 0 Å². The molecule has 1 aromatic heterocycles. The maximum atomic E-state index is 12.7. The summed E-state index contributed by atoms with van der Waals surface area (Å²) in [6.07, 6.45) is -10.1. The van der Waals surface area contributed by atoms with Crippen molar-refractivity contribution in [3.8, 4) is 5.75 Å². The van der Waals surface area contributed by atoms with Crippen LogP contribution in [0.25, 0.3) is 0 Å². The van der Waals surface area contributed by atoms with Crippen molar-refractivity contribution in [3.63, 3.8) is 0 Å². The molecule has 1 atom stereocenters. The van der Waals surface area contributed by atoms with E-state index in [-0.39, 0.29) is 5.75 Å². The first-order valence-corrected chi connectivity index (χ1v) is 5.19. The molecule has 116 valence electrons. The highest BCUT2D eigenvalue weighted by Crippen LogP contribution is 2.47. The molecule has 0 aliphatic heterocycles. The second-order valence-electron chi connectivity index (χ2n) is 3.93. The molecule has 11 heteroatoms. The molecular formula is C9H12F6N4O. The lowest BCUT2D eigenvalue weighted by Gasteiger charge is -2.30. The fourth-order valence-corrected chi connectivity index (χ4v) is 1.84. The molecular weight excluding hydrogens is 294 g/mol. The third-order valence-electron chi connectivity index (χ3n) is 2.68. The van der Waals surface area contributed by atoms with Crippen LogP contribution in [0.4, 0.5) is 26.3 Å².